The molecule has 0 saturated heterocycles. The summed E-state index contributed by atoms with van der Waals surface area (Å²) in [5.74, 6) is 3.85. The molecule has 0 radical (unpaired) electrons. The summed E-state index contributed by atoms with van der Waals surface area (Å²) in [7, 11) is 1.83. The van der Waals surface area contributed by atoms with Crippen molar-refractivity contribution < 1.29 is 4.79 Å². The molecule has 0 aromatic carbocycles. The van der Waals surface area contributed by atoms with E-state index in [2.05, 4.69) is 6.58 Å². The summed E-state index contributed by atoms with van der Waals surface area (Å²) >= 11 is 0. The second kappa shape index (κ2) is 4.93. The molecule has 0 aromatic heterocycles. The van der Waals surface area contributed by atoms with E-state index >= 15 is 0 Å². The van der Waals surface area contributed by atoms with Crippen LogP contribution >= 0.6 is 0 Å². The smallest absolute Gasteiger partial charge is 0.239 e. The molecule has 4 bridgehead atoms. The zero-order valence-corrected chi connectivity index (χ0v) is 11.9. The maximum atomic E-state index is 12.4. The molecule has 3 nitrogen and oxygen atoms in total. The van der Waals surface area contributed by atoms with E-state index in [9.17, 15) is 4.79 Å². The highest BCUT2D eigenvalue weighted by atomic mass is 16.2. The van der Waals surface area contributed by atoms with Crippen LogP contribution in [0.5, 0.6) is 0 Å². The van der Waals surface area contributed by atoms with Gasteiger partial charge in [-0.1, -0.05) is 6.08 Å². The number of likely N-dealkylation sites (N-methyl/N-ethyl adjacent to an activating group) is 1. The number of hydrogen-bond acceptors (Lipinski definition) is 2. The molecule has 4 saturated carbocycles. The Kier molecular flexibility index (Phi) is 3.42. The van der Waals surface area contributed by atoms with Gasteiger partial charge in [-0.15, -0.1) is 6.58 Å². The van der Waals surface area contributed by atoms with E-state index in [0.29, 0.717) is 24.3 Å². The van der Waals surface area contributed by atoms with Crippen LogP contribution in [-0.4, -0.2) is 30.4 Å². The number of nitrogens with two attached hydrogens (primary N) is 1. The summed E-state index contributed by atoms with van der Waals surface area (Å²) in [6.45, 7) is 4.29. The minimum Gasteiger partial charge on any atom is -0.341 e. The third-order valence-electron chi connectivity index (χ3n) is 5.78. The van der Waals surface area contributed by atoms with Crippen LogP contribution in [0.4, 0.5) is 0 Å². The standard InChI is InChI=1S/C16H26N2O/c1-3-4-18(2)16(19)15(17)14-12-6-10-5-11(8-12)9-13(14)7-10/h3,10-15H,1,4-9,17H2,2H3. The zero-order valence-electron chi connectivity index (χ0n) is 11.9. The summed E-state index contributed by atoms with van der Waals surface area (Å²) in [6, 6.07) is -0.292. The van der Waals surface area contributed by atoms with Gasteiger partial charge in [0, 0.05) is 13.6 Å². The van der Waals surface area contributed by atoms with E-state index in [1.165, 1.54) is 32.1 Å². The van der Waals surface area contributed by atoms with Gasteiger partial charge in [-0.05, 0) is 61.7 Å². The van der Waals surface area contributed by atoms with Crippen LogP contribution in [-0.2, 0) is 4.79 Å². The Hall–Kier alpha value is -0.830. The number of nitrogens with zero attached hydrogens (tertiary/aromatic N) is 1. The normalized spacial score (nSPS) is 41.1. The molecule has 1 atom stereocenters. The maximum Gasteiger partial charge on any atom is 0.239 e. The molecule has 4 aliphatic carbocycles. The Balaban J connectivity index is 1.71. The van der Waals surface area contributed by atoms with E-state index in [1.54, 1.807) is 11.0 Å². The molecule has 4 rings (SSSR count). The van der Waals surface area contributed by atoms with E-state index in [4.69, 9.17) is 5.73 Å². The fraction of sp³-hybridized carbons (Fsp3) is 0.812. The molecule has 2 N–H and O–H groups in total. The van der Waals surface area contributed by atoms with Gasteiger partial charge >= 0.3 is 0 Å². The highest BCUT2D eigenvalue weighted by Gasteiger charge is 2.51. The number of amides is 1. The van der Waals surface area contributed by atoms with Gasteiger partial charge in [-0.2, -0.15) is 0 Å². The second-order valence-electron chi connectivity index (χ2n) is 7.04. The van der Waals surface area contributed by atoms with Crippen LogP contribution in [0.3, 0.4) is 0 Å². The van der Waals surface area contributed by atoms with Crippen LogP contribution < -0.4 is 5.73 Å². The Morgan fingerprint density at radius 1 is 1.26 bits per heavy atom. The fourth-order valence-electron chi connectivity index (χ4n) is 5.26. The first-order valence-electron chi connectivity index (χ1n) is 7.71. The average Bonchev–Trinajstić information content (AvgIpc) is 2.36. The molecule has 0 aromatic rings. The Bertz CT molecular complexity index is 351. The third-order valence-corrected chi connectivity index (χ3v) is 5.78. The van der Waals surface area contributed by atoms with Gasteiger partial charge in [0.25, 0.3) is 0 Å². The van der Waals surface area contributed by atoms with Crippen molar-refractivity contribution in [3.05, 3.63) is 12.7 Å². The second-order valence-corrected chi connectivity index (χ2v) is 7.04. The molecule has 4 aliphatic rings. The topological polar surface area (TPSA) is 46.3 Å². The first-order valence-corrected chi connectivity index (χ1v) is 7.71. The van der Waals surface area contributed by atoms with Gasteiger partial charge in [-0.25, -0.2) is 0 Å². The third kappa shape index (κ3) is 2.22. The van der Waals surface area contributed by atoms with Crippen molar-refractivity contribution in [2.24, 2.45) is 35.3 Å². The van der Waals surface area contributed by atoms with Crippen LogP contribution in [0.25, 0.3) is 0 Å². The van der Waals surface area contributed by atoms with Crippen LogP contribution in [0.15, 0.2) is 12.7 Å². The van der Waals surface area contributed by atoms with Crippen molar-refractivity contribution in [1.29, 1.82) is 0 Å². The lowest BCUT2D eigenvalue weighted by Gasteiger charge is -2.55. The van der Waals surface area contributed by atoms with Gasteiger partial charge in [0.05, 0.1) is 6.04 Å². The molecule has 1 unspecified atom stereocenters. The molecule has 4 fully saturated rings. The van der Waals surface area contributed by atoms with Gasteiger partial charge in [0.1, 0.15) is 0 Å². The molecule has 106 valence electrons. The predicted octanol–water partition coefficient (Wildman–Crippen LogP) is 2.03. The number of rotatable bonds is 4. The Labute approximate surface area is 116 Å². The number of carbonyl (C=O) groups is 1. The highest BCUT2D eigenvalue weighted by molar-refractivity contribution is 5.82. The molecular formula is C16H26N2O. The van der Waals surface area contributed by atoms with Gasteiger partial charge in [-0.3, -0.25) is 4.79 Å². The average molecular weight is 262 g/mol. The quantitative estimate of drug-likeness (QED) is 0.788. The lowest BCUT2D eigenvalue weighted by molar-refractivity contribution is -0.137. The van der Waals surface area contributed by atoms with Gasteiger partial charge in [0.15, 0.2) is 0 Å². The molecule has 19 heavy (non-hydrogen) atoms. The summed E-state index contributed by atoms with van der Waals surface area (Å²) in [4.78, 5) is 14.1. The van der Waals surface area contributed by atoms with E-state index in [1.807, 2.05) is 7.05 Å². The van der Waals surface area contributed by atoms with Crippen LogP contribution in [0, 0.1) is 29.6 Å². The highest BCUT2D eigenvalue weighted by Crippen LogP contribution is 2.57. The first kappa shape index (κ1) is 13.2. The fourth-order valence-corrected chi connectivity index (χ4v) is 5.26. The molecule has 3 heteroatoms. The molecule has 0 aliphatic heterocycles. The summed E-state index contributed by atoms with van der Waals surface area (Å²) in [6.07, 6.45) is 8.50. The van der Waals surface area contributed by atoms with Crippen LogP contribution in [0.1, 0.15) is 32.1 Å². The largest absolute Gasteiger partial charge is 0.341 e. The summed E-state index contributed by atoms with van der Waals surface area (Å²) in [5, 5.41) is 0. The Morgan fingerprint density at radius 2 is 1.79 bits per heavy atom. The molecule has 0 heterocycles. The van der Waals surface area contributed by atoms with Crippen molar-refractivity contribution in [2.75, 3.05) is 13.6 Å². The maximum absolute atomic E-state index is 12.4. The molecule has 0 spiro atoms. The van der Waals surface area contributed by atoms with E-state index < -0.39 is 0 Å². The molecular weight excluding hydrogens is 236 g/mol. The molecule has 1 amide bonds. The predicted molar refractivity (Wildman–Crippen MR) is 76.3 cm³/mol. The van der Waals surface area contributed by atoms with Crippen molar-refractivity contribution in [1.82, 2.24) is 4.90 Å². The first-order chi connectivity index (χ1) is 9.10. The monoisotopic (exact) mass is 262 g/mol. The summed E-state index contributed by atoms with van der Waals surface area (Å²) < 4.78 is 0. The zero-order chi connectivity index (χ0) is 13.6. The SMILES string of the molecule is C=CCN(C)C(=O)C(N)C1C2CC3CC(C2)CC1C3. The van der Waals surface area contributed by atoms with Crippen LogP contribution in [0.2, 0.25) is 0 Å². The number of hydrogen-bond donors (Lipinski definition) is 1. The van der Waals surface area contributed by atoms with E-state index in [0.717, 1.165) is 11.8 Å². The lowest BCUT2D eigenvalue weighted by atomic mass is 9.50. The van der Waals surface area contributed by atoms with Crippen molar-refractivity contribution in [3.63, 3.8) is 0 Å². The minimum absolute atomic E-state index is 0.109. The minimum atomic E-state index is -0.292. The van der Waals surface area contributed by atoms with E-state index in [-0.39, 0.29) is 11.9 Å². The number of carbonyl (C=O) groups excluding carboxylic acids is 1. The summed E-state index contributed by atoms with van der Waals surface area (Å²) in [5.41, 5.74) is 6.35. The van der Waals surface area contributed by atoms with Gasteiger partial charge in [0.2, 0.25) is 5.91 Å². The lowest BCUT2D eigenvalue weighted by Crippen LogP contribution is -2.56. The van der Waals surface area contributed by atoms with Gasteiger partial charge < -0.3 is 10.6 Å². The van der Waals surface area contributed by atoms with Crippen molar-refractivity contribution >= 4 is 5.91 Å². The Morgan fingerprint density at radius 3 is 2.26 bits per heavy atom. The van der Waals surface area contributed by atoms with Crippen molar-refractivity contribution in [3.8, 4) is 0 Å². The van der Waals surface area contributed by atoms with Crippen molar-refractivity contribution in [2.45, 2.75) is 38.1 Å².